The minimum atomic E-state index is 0.467. The van der Waals surface area contributed by atoms with Crippen LogP contribution >= 0.6 is 11.6 Å². The first-order valence-electron chi connectivity index (χ1n) is 8.80. The minimum Gasteiger partial charge on any atom is -0.496 e. The third-order valence-electron chi connectivity index (χ3n) is 4.90. The van der Waals surface area contributed by atoms with Crippen LogP contribution in [0.5, 0.6) is 5.75 Å². The molecule has 27 heavy (non-hydrogen) atoms. The van der Waals surface area contributed by atoms with Crippen molar-refractivity contribution in [2.24, 2.45) is 7.05 Å². The van der Waals surface area contributed by atoms with Crippen molar-refractivity contribution in [3.8, 4) is 5.75 Å². The van der Waals surface area contributed by atoms with E-state index >= 15 is 0 Å². The molecular formula is C18H22ClN7O. The molecule has 0 bridgehead atoms. The van der Waals surface area contributed by atoms with E-state index in [0.717, 1.165) is 60.1 Å². The zero-order chi connectivity index (χ0) is 19.0. The molecule has 0 saturated carbocycles. The Morgan fingerprint density at radius 2 is 1.96 bits per heavy atom. The van der Waals surface area contributed by atoms with Crippen molar-refractivity contribution >= 4 is 34.4 Å². The lowest BCUT2D eigenvalue weighted by atomic mass is 10.1. The van der Waals surface area contributed by atoms with E-state index in [1.807, 2.05) is 25.2 Å². The van der Waals surface area contributed by atoms with Crippen molar-refractivity contribution in [3.63, 3.8) is 0 Å². The van der Waals surface area contributed by atoms with Crippen LogP contribution in [0.25, 0.3) is 11.0 Å². The van der Waals surface area contributed by atoms with Gasteiger partial charge in [-0.25, -0.2) is 0 Å². The molecular weight excluding hydrogens is 366 g/mol. The number of nitrogens with zero attached hydrogens (tertiary/aromatic N) is 6. The fourth-order valence-corrected chi connectivity index (χ4v) is 3.59. The summed E-state index contributed by atoms with van der Waals surface area (Å²) in [6.07, 6.45) is 1.70. The van der Waals surface area contributed by atoms with Gasteiger partial charge in [0.1, 0.15) is 11.6 Å². The van der Waals surface area contributed by atoms with Gasteiger partial charge in [-0.3, -0.25) is 9.58 Å². The fourth-order valence-electron chi connectivity index (χ4n) is 3.39. The Kier molecular flexibility index (Phi) is 4.75. The van der Waals surface area contributed by atoms with Gasteiger partial charge in [0.05, 0.1) is 18.7 Å². The van der Waals surface area contributed by atoms with E-state index in [0.29, 0.717) is 11.8 Å². The highest BCUT2D eigenvalue weighted by molar-refractivity contribution is 6.30. The molecule has 2 N–H and O–H groups in total. The zero-order valence-electron chi connectivity index (χ0n) is 15.4. The monoisotopic (exact) mass is 387 g/mol. The standard InChI is InChI=1S/C18H22ClN7O/c1-24-17-14(10-21-24)16(20)22-18(23-17)26-7-5-25(6-8-26)11-12-9-13(19)3-4-15(12)27-2/h3-4,9-10H,5-8,11H2,1-2H3,(H2,20,22,23). The van der Waals surface area contributed by atoms with E-state index in [9.17, 15) is 0 Å². The van der Waals surface area contributed by atoms with Gasteiger partial charge in [0.25, 0.3) is 0 Å². The maximum atomic E-state index is 6.14. The summed E-state index contributed by atoms with van der Waals surface area (Å²) in [5.74, 6) is 1.98. The van der Waals surface area contributed by atoms with Crippen molar-refractivity contribution in [2.75, 3.05) is 43.9 Å². The van der Waals surface area contributed by atoms with E-state index in [2.05, 4.69) is 24.9 Å². The number of hydrogen-bond acceptors (Lipinski definition) is 7. The highest BCUT2D eigenvalue weighted by Gasteiger charge is 2.21. The number of fused-ring (bicyclic) bond motifs is 1. The van der Waals surface area contributed by atoms with E-state index in [4.69, 9.17) is 22.1 Å². The summed E-state index contributed by atoms with van der Waals surface area (Å²) in [5, 5.41) is 5.72. The van der Waals surface area contributed by atoms with Gasteiger partial charge in [-0.2, -0.15) is 15.1 Å². The van der Waals surface area contributed by atoms with Gasteiger partial charge in [0, 0.05) is 50.4 Å². The summed E-state index contributed by atoms with van der Waals surface area (Å²) in [7, 11) is 3.54. The van der Waals surface area contributed by atoms with Crippen LogP contribution in [0, 0.1) is 0 Å². The van der Waals surface area contributed by atoms with Gasteiger partial charge in [-0.05, 0) is 18.2 Å². The molecule has 3 aromatic rings. The van der Waals surface area contributed by atoms with Gasteiger partial charge in [-0.1, -0.05) is 11.6 Å². The van der Waals surface area contributed by atoms with E-state index in [-0.39, 0.29) is 0 Å². The molecule has 0 spiro atoms. The molecule has 8 nitrogen and oxygen atoms in total. The Morgan fingerprint density at radius 1 is 1.19 bits per heavy atom. The molecule has 142 valence electrons. The third kappa shape index (κ3) is 3.50. The number of methoxy groups -OCH3 is 1. The summed E-state index contributed by atoms with van der Waals surface area (Å²) >= 11 is 6.14. The van der Waals surface area contributed by atoms with Gasteiger partial charge >= 0.3 is 0 Å². The first-order chi connectivity index (χ1) is 13.0. The number of aromatic nitrogens is 4. The Labute approximate surface area is 162 Å². The van der Waals surface area contributed by atoms with Crippen LogP contribution < -0.4 is 15.4 Å². The van der Waals surface area contributed by atoms with Crippen LogP contribution in [-0.4, -0.2) is 57.9 Å². The largest absolute Gasteiger partial charge is 0.496 e. The molecule has 1 aromatic carbocycles. The number of piperazine rings is 1. The number of nitrogens with two attached hydrogens (primary N) is 1. The summed E-state index contributed by atoms with van der Waals surface area (Å²) < 4.78 is 7.17. The summed E-state index contributed by atoms with van der Waals surface area (Å²) in [6.45, 7) is 4.23. The molecule has 1 aliphatic heterocycles. The number of rotatable bonds is 4. The lowest BCUT2D eigenvalue weighted by molar-refractivity contribution is 0.245. The fraction of sp³-hybridized carbons (Fsp3) is 0.389. The molecule has 2 aromatic heterocycles. The predicted octanol–water partition coefficient (Wildman–Crippen LogP) is 1.93. The third-order valence-corrected chi connectivity index (χ3v) is 5.14. The Hall–Kier alpha value is -2.58. The van der Waals surface area contributed by atoms with Gasteiger partial charge in [-0.15, -0.1) is 0 Å². The maximum Gasteiger partial charge on any atom is 0.229 e. The average Bonchev–Trinajstić information content (AvgIpc) is 3.04. The normalized spacial score (nSPS) is 15.4. The molecule has 3 heterocycles. The first-order valence-corrected chi connectivity index (χ1v) is 9.18. The Bertz CT molecular complexity index is 966. The lowest BCUT2D eigenvalue weighted by Crippen LogP contribution is -2.46. The van der Waals surface area contributed by atoms with Crippen molar-refractivity contribution in [2.45, 2.75) is 6.54 Å². The maximum absolute atomic E-state index is 6.14. The lowest BCUT2D eigenvalue weighted by Gasteiger charge is -2.35. The quantitative estimate of drug-likeness (QED) is 0.732. The Morgan fingerprint density at radius 3 is 2.70 bits per heavy atom. The molecule has 1 fully saturated rings. The molecule has 0 unspecified atom stereocenters. The molecule has 1 aliphatic rings. The van der Waals surface area contributed by atoms with Crippen LogP contribution in [0.15, 0.2) is 24.4 Å². The topological polar surface area (TPSA) is 85.3 Å². The molecule has 9 heteroatoms. The molecule has 1 saturated heterocycles. The van der Waals surface area contributed by atoms with Crippen molar-refractivity contribution < 1.29 is 4.74 Å². The summed E-state index contributed by atoms with van der Waals surface area (Å²) in [6, 6.07) is 5.72. The van der Waals surface area contributed by atoms with E-state index < -0.39 is 0 Å². The number of nitrogen functional groups attached to an aromatic ring is 1. The van der Waals surface area contributed by atoms with Crippen LogP contribution in [0.2, 0.25) is 5.02 Å². The zero-order valence-corrected chi connectivity index (χ0v) is 16.1. The number of aryl methyl sites for hydroxylation is 1. The van der Waals surface area contributed by atoms with Crippen molar-refractivity contribution in [1.82, 2.24) is 24.6 Å². The second-order valence-corrected chi connectivity index (χ2v) is 7.07. The number of benzene rings is 1. The highest BCUT2D eigenvalue weighted by atomic mass is 35.5. The van der Waals surface area contributed by atoms with Crippen LogP contribution in [0.3, 0.4) is 0 Å². The van der Waals surface area contributed by atoms with Gasteiger partial charge in [0.2, 0.25) is 5.95 Å². The van der Waals surface area contributed by atoms with Crippen LogP contribution in [0.4, 0.5) is 11.8 Å². The molecule has 4 rings (SSSR count). The number of halogens is 1. The van der Waals surface area contributed by atoms with Crippen LogP contribution in [-0.2, 0) is 13.6 Å². The predicted molar refractivity (Wildman–Crippen MR) is 106 cm³/mol. The number of hydrogen-bond donors (Lipinski definition) is 1. The van der Waals surface area contributed by atoms with Crippen LogP contribution in [0.1, 0.15) is 5.56 Å². The van der Waals surface area contributed by atoms with Crippen molar-refractivity contribution in [3.05, 3.63) is 35.0 Å². The first kappa shape index (κ1) is 17.8. The molecule has 0 amide bonds. The highest BCUT2D eigenvalue weighted by Crippen LogP contribution is 2.25. The number of ether oxygens (including phenoxy) is 1. The van der Waals surface area contributed by atoms with E-state index in [1.165, 1.54) is 0 Å². The molecule has 0 atom stereocenters. The second-order valence-electron chi connectivity index (χ2n) is 6.63. The second kappa shape index (κ2) is 7.21. The minimum absolute atomic E-state index is 0.467. The molecule has 0 radical (unpaired) electrons. The van der Waals surface area contributed by atoms with E-state index in [1.54, 1.807) is 18.0 Å². The molecule has 0 aliphatic carbocycles. The van der Waals surface area contributed by atoms with Gasteiger partial charge < -0.3 is 15.4 Å². The summed E-state index contributed by atoms with van der Waals surface area (Å²) in [5.41, 5.74) is 7.93. The average molecular weight is 388 g/mol. The van der Waals surface area contributed by atoms with Crippen molar-refractivity contribution in [1.29, 1.82) is 0 Å². The SMILES string of the molecule is COc1ccc(Cl)cc1CN1CCN(c2nc(N)c3cnn(C)c3n2)CC1. The van der Waals surface area contributed by atoms with Gasteiger partial charge in [0.15, 0.2) is 5.65 Å². The summed E-state index contributed by atoms with van der Waals surface area (Å²) in [4.78, 5) is 13.6. The Balaban J connectivity index is 1.46. The smallest absolute Gasteiger partial charge is 0.229 e. The number of anilines is 2.